The maximum absolute atomic E-state index is 6.07. The van der Waals surface area contributed by atoms with Crippen molar-refractivity contribution in [2.24, 2.45) is 0 Å². The molecule has 0 fully saturated rings. The molecule has 1 aromatic rings. The zero-order valence-corrected chi connectivity index (χ0v) is 17.9. The molecule has 2 rings (SSSR count). The first-order chi connectivity index (χ1) is 12.3. The SMILES string of the molecule is CCCCCCCCCCCC[Se]CC1Cc2cc(OC)ccc2O1. The molecule has 25 heavy (non-hydrogen) atoms. The van der Waals surface area contributed by atoms with E-state index >= 15 is 0 Å². The van der Waals surface area contributed by atoms with Crippen LogP contribution < -0.4 is 9.47 Å². The van der Waals surface area contributed by atoms with Gasteiger partial charge >= 0.3 is 161 Å². The van der Waals surface area contributed by atoms with Crippen LogP contribution in [0.25, 0.3) is 0 Å². The number of hydrogen-bond donors (Lipinski definition) is 0. The van der Waals surface area contributed by atoms with E-state index in [-0.39, 0.29) is 0 Å². The van der Waals surface area contributed by atoms with E-state index in [0.717, 1.165) is 32.9 Å². The van der Waals surface area contributed by atoms with Crippen molar-refractivity contribution >= 4 is 15.0 Å². The molecule has 0 bridgehead atoms. The van der Waals surface area contributed by atoms with Gasteiger partial charge in [-0.05, 0) is 0 Å². The van der Waals surface area contributed by atoms with E-state index in [1.54, 1.807) is 7.11 Å². The second-order valence-corrected chi connectivity index (χ2v) is 9.59. The average Bonchev–Trinajstić information content (AvgIpc) is 3.04. The third-order valence-electron chi connectivity index (χ3n) is 4.95. The molecule has 0 amide bonds. The predicted molar refractivity (Wildman–Crippen MR) is 108 cm³/mol. The Kier molecular flexibility index (Phi) is 10.5. The van der Waals surface area contributed by atoms with Crippen LogP contribution in [0.1, 0.15) is 76.7 Å². The van der Waals surface area contributed by atoms with E-state index < -0.39 is 0 Å². The van der Waals surface area contributed by atoms with Gasteiger partial charge in [-0.15, -0.1) is 0 Å². The van der Waals surface area contributed by atoms with Crippen molar-refractivity contribution in [3.8, 4) is 11.5 Å². The fourth-order valence-corrected chi connectivity index (χ4v) is 5.57. The number of benzene rings is 1. The second kappa shape index (κ2) is 12.7. The molecule has 0 saturated carbocycles. The van der Waals surface area contributed by atoms with Gasteiger partial charge in [0.05, 0.1) is 0 Å². The Morgan fingerprint density at radius 2 is 1.68 bits per heavy atom. The van der Waals surface area contributed by atoms with Gasteiger partial charge < -0.3 is 0 Å². The molecule has 3 heteroatoms. The van der Waals surface area contributed by atoms with Crippen molar-refractivity contribution in [1.29, 1.82) is 0 Å². The standard InChI is InChI=1S/C22H36O2Se/c1-3-4-5-6-7-8-9-10-11-12-15-25-18-21-17-19-16-20(23-2)13-14-22(19)24-21/h13-14,16,21H,3-12,15,17-18H2,1-2H3. The molecule has 0 saturated heterocycles. The minimum atomic E-state index is 0.408. The third-order valence-corrected chi connectivity index (χ3v) is 7.44. The Balaban J connectivity index is 1.42. The Morgan fingerprint density at radius 3 is 2.36 bits per heavy atom. The molecule has 1 atom stereocenters. The summed E-state index contributed by atoms with van der Waals surface area (Å²) >= 11 is 0.733. The maximum atomic E-state index is 6.07. The van der Waals surface area contributed by atoms with Crippen LogP contribution in [0.15, 0.2) is 18.2 Å². The van der Waals surface area contributed by atoms with E-state index in [0.29, 0.717) is 6.10 Å². The Bertz CT molecular complexity index is 475. The van der Waals surface area contributed by atoms with Crippen molar-refractivity contribution in [3.05, 3.63) is 23.8 Å². The van der Waals surface area contributed by atoms with Crippen LogP contribution in [0.5, 0.6) is 11.5 Å². The van der Waals surface area contributed by atoms with Gasteiger partial charge in [-0.3, -0.25) is 0 Å². The molecule has 0 N–H and O–H groups in total. The van der Waals surface area contributed by atoms with Gasteiger partial charge in [0.15, 0.2) is 0 Å². The summed E-state index contributed by atoms with van der Waals surface area (Å²) in [6.45, 7) is 2.29. The number of rotatable bonds is 14. The summed E-state index contributed by atoms with van der Waals surface area (Å²) < 4.78 is 11.4. The zero-order valence-electron chi connectivity index (χ0n) is 16.2. The van der Waals surface area contributed by atoms with Crippen LogP contribution in [-0.4, -0.2) is 28.2 Å². The summed E-state index contributed by atoms with van der Waals surface area (Å²) in [5.41, 5.74) is 1.32. The number of hydrogen-bond acceptors (Lipinski definition) is 2. The quantitative estimate of drug-likeness (QED) is 0.258. The molecule has 1 aliphatic rings. The van der Waals surface area contributed by atoms with E-state index in [9.17, 15) is 0 Å². The first kappa shape index (κ1) is 20.6. The van der Waals surface area contributed by atoms with Crippen LogP contribution in [0.4, 0.5) is 0 Å². The normalized spacial score (nSPS) is 15.8. The second-order valence-electron chi connectivity index (χ2n) is 7.17. The number of methoxy groups -OCH3 is 1. The van der Waals surface area contributed by atoms with Gasteiger partial charge in [-0.1, -0.05) is 0 Å². The van der Waals surface area contributed by atoms with E-state index in [1.165, 1.54) is 80.4 Å². The summed E-state index contributed by atoms with van der Waals surface area (Å²) in [4.78, 5) is 0. The van der Waals surface area contributed by atoms with Gasteiger partial charge in [0, 0.05) is 0 Å². The van der Waals surface area contributed by atoms with Crippen molar-refractivity contribution in [2.75, 3.05) is 7.11 Å². The van der Waals surface area contributed by atoms with Crippen molar-refractivity contribution in [2.45, 2.75) is 94.3 Å². The molecular weight excluding hydrogens is 375 g/mol. The summed E-state index contributed by atoms with van der Waals surface area (Å²) in [7, 11) is 1.73. The average molecular weight is 411 g/mol. The van der Waals surface area contributed by atoms with Crippen LogP contribution >= 0.6 is 0 Å². The molecule has 1 aromatic carbocycles. The molecule has 0 spiro atoms. The van der Waals surface area contributed by atoms with Crippen molar-refractivity contribution in [3.63, 3.8) is 0 Å². The van der Waals surface area contributed by atoms with Crippen LogP contribution in [-0.2, 0) is 6.42 Å². The Labute approximate surface area is 161 Å². The van der Waals surface area contributed by atoms with Gasteiger partial charge in [-0.2, -0.15) is 0 Å². The monoisotopic (exact) mass is 412 g/mol. The molecule has 1 unspecified atom stereocenters. The number of ether oxygens (including phenoxy) is 2. The van der Waals surface area contributed by atoms with Gasteiger partial charge in [0.25, 0.3) is 0 Å². The topological polar surface area (TPSA) is 18.5 Å². The van der Waals surface area contributed by atoms with Crippen LogP contribution in [0.3, 0.4) is 0 Å². The molecule has 0 aliphatic carbocycles. The Morgan fingerprint density at radius 1 is 1.00 bits per heavy atom. The summed E-state index contributed by atoms with van der Waals surface area (Å²) in [5.74, 6) is 2.01. The molecule has 1 aliphatic heterocycles. The van der Waals surface area contributed by atoms with Crippen molar-refractivity contribution in [1.82, 2.24) is 0 Å². The predicted octanol–water partition coefficient (Wildman–Crippen LogP) is 6.46. The molecule has 142 valence electrons. The molecule has 0 radical (unpaired) electrons. The van der Waals surface area contributed by atoms with E-state index in [1.807, 2.05) is 6.07 Å². The molecular formula is C22H36O2Se. The van der Waals surface area contributed by atoms with Gasteiger partial charge in [-0.25, -0.2) is 0 Å². The molecule has 1 heterocycles. The fourth-order valence-electron chi connectivity index (χ4n) is 3.42. The summed E-state index contributed by atoms with van der Waals surface area (Å²) in [6, 6.07) is 6.18. The minimum absolute atomic E-state index is 0.408. The van der Waals surface area contributed by atoms with Gasteiger partial charge in [0.1, 0.15) is 0 Å². The fraction of sp³-hybridized carbons (Fsp3) is 0.727. The van der Waals surface area contributed by atoms with E-state index in [4.69, 9.17) is 9.47 Å². The Hall–Kier alpha value is -0.661. The number of fused-ring (bicyclic) bond motifs is 1. The van der Waals surface area contributed by atoms with Gasteiger partial charge in [0.2, 0.25) is 0 Å². The van der Waals surface area contributed by atoms with E-state index in [2.05, 4.69) is 19.1 Å². The summed E-state index contributed by atoms with van der Waals surface area (Å²) in [6.07, 6.45) is 15.8. The molecule has 2 nitrogen and oxygen atoms in total. The van der Waals surface area contributed by atoms with Crippen LogP contribution in [0.2, 0.25) is 10.6 Å². The van der Waals surface area contributed by atoms with Crippen LogP contribution in [0, 0.1) is 0 Å². The summed E-state index contributed by atoms with van der Waals surface area (Å²) in [5, 5.41) is 2.67. The third kappa shape index (κ3) is 8.05. The zero-order chi connectivity index (χ0) is 17.7. The first-order valence-corrected chi connectivity index (χ1v) is 12.7. The number of unbranched alkanes of at least 4 members (excludes halogenated alkanes) is 9. The van der Waals surface area contributed by atoms with Crippen molar-refractivity contribution < 1.29 is 9.47 Å². The first-order valence-electron chi connectivity index (χ1n) is 10.2. The molecule has 0 aromatic heterocycles.